The number of pyridine rings is 1. The Morgan fingerprint density at radius 1 is 1.16 bits per heavy atom. The van der Waals surface area contributed by atoms with E-state index in [9.17, 15) is 31.2 Å². The fourth-order valence-electron chi connectivity index (χ4n) is 4.26. The average molecular weight is 661 g/mol. The third-order valence-corrected chi connectivity index (χ3v) is 8.29. The monoisotopic (exact) mass is 660 g/mol. The summed E-state index contributed by atoms with van der Waals surface area (Å²) in [6.07, 6.45) is 0.402. The van der Waals surface area contributed by atoms with Crippen molar-refractivity contribution >= 4 is 46.5 Å². The SMILES string of the molecule is I.N#CC1CN(S(=O)(=O)N2CCC[C@H](C(=O)N3CCCC3)C2)C1.O=CNCc1ccc(C(F)(F)F)cn1.[HH]. The van der Waals surface area contributed by atoms with E-state index < -0.39 is 21.9 Å². The number of aromatic nitrogens is 1. The summed E-state index contributed by atoms with van der Waals surface area (Å²) < 4.78 is 64.0. The van der Waals surface area contributed by atoms with Crippen LogP contribution in [-0.2, 0) is 32.5 Å². The molecule has 3 saturated heterocycles. The first kappa shape index (κ1) is 31.2. The van der Waals surface area contributed by atoms with Gasteiger partial charge in [0.1, 0.15) is 0 Å². The predicted molar refractivity (Wildman–Crippen MR) is 139 cm³/mol. The molecule has 0 unspecified atom stereocenters. The molecule has 208 valence electrons. The van der Waals surface area contributed by atoms with Crippen molar-refractivity contribution in [1.29, 1.82) is 5.26 Å². The Bertz CT molecular complexity index is 1060. The van der Waals surface area contributed by atoms with E-state index in [0.29, 0.717) is 18.6 Å². The first-order chi connectivity index (χ1) is 17.1. The third kappa shape index (κ3) is 8.23. The number of rotatable bonds is 6. The largest absolute Gasteiger partial charge is 0.417 e. The van der Waals surface area contributed by atoms with Crippen molar-refractivity contribution in [2.45, 2.75) is 38.4 Å². The van der Waals surface area contributed by atoms with Gasteiger partial charge in [-0.3, -0.25) is 14.6 Å². The summed E-state index contributed by atoms with van der Waals surface area (Å²) >= 11 is 0. The summed E-state index contributed by atoms with van der Waals surface area (Å²) in [5.74, 6) is -0.299. The van der Waals surface area contributed by atoms with Gasteiger partial charge >= 0.3 is 6.18 Å². The van der Waals surface area contributed by atoms with Gasteiger partial charge in [0.2, 0.25) is 12.3 Å². The van der Waals surface area contributed by atoms with Crippen LogP contribution >= 0.6 is 24.0 Å². The van der Waals surface area contributed by atoms with Crippen LogP contribution in [0.5, 0.6) is 0 Å². The Morgan fingerprint density at radius 2 is 1.84 bits per heavy atom. The number of hydrogen-bond acceptors (Lipinski definition) is 6. The molecule has 1 N–H and O–H groups in total. The van der Waals surface area contributed by atoms with Crippen LogP contribution in [-0.4, -0.2) is 78.5 Å². The van der Waals surface area contributed by atoms with Crippen LogP contribution < -0.4 is 5.32 Å². The molecule has 1 aromatic heterocycles. The number of likely N-dealkylation sites (tertiary alicyclic amines) is 1. The molecule has 0 bridgehead atoms. The van der Waals surface area contributed by atoms with Crippen LogP contribution in [0.3, 0.4) is 0 Å². The molecule has 1 atom stereocenters. The van der Waals surface area contributed by atoms with Crippen molar-refractivity contribution in [3.05, 3.63) is 29.6 Å². The molecule has 0 saturated carbocycles. The number of amides is 2. The zero-order valence-electron chi connectivity index (χ0n) is 20.1. The minimum atomic E-state index is -4.37. The van der Waals surface area contributed by atoms with Gasteiger partial charge in [-0.1, -0.05) is 0 Å². The molecule has 4 heterocycles. The van der Waals surface area contributed by atoms with Crippen LogP contribution in [0, 0.1) is 23.2 Å². The Labute approximate surface area is 232 Å². The van der Waals surface area contributed by atoms with E-state index in [1.807, 2.05) is 4.90 Å². The van der Waals surface area contributed by atoms with Gasteiger partial charge in [0.15, 0.2) is 0 Å². The summed E-state index contributed by atoms with van der Waals surface area (Å²) in [5, 5.41) is 11.1. The second-order valence-electron chi connectivity index (χ2n) is 8.92. The molecule has 3 aliphatic heterocycles. The molecule has 0 aliphatic carbocycles. The van der Waals surface area contributed by atoms with Gasteiger partial charge in [0, 0.05) is 46.9 Å². The summed E-state index contributed by atoms with van der Waals surface area (Å²) in [6.45, 7) is 3.04. The summed E-state index contributed by atoms with van der Waals surface area (Å²) in [6, 6.07) is 4.23. The Balaban J connectivity index is 0.000000396. The number of alkyl halides is 3. The highest BCUT2D eigenvalue weighted by Crippen LogP contribution is 2.29. The number of carbonyl (C=O) groups is 2. The lowest BCUT2D eigenvalue weighted by Crippen LogP contribution is -2.57. The molecule has 37 heavy (non-hydrogen) atoms. The van der Waals surface area contributed by atoms with Gasteiger partial charge in [-0.25, -0.2) is 0 Å². The lowest BCUT2D eigenvalue weighted by Gasteiger charge is -2.40. The van der Waals surface area contributed by atoms with Crippen molar-refractivity contribution in [1.82, 2.24) is 23.8 Å². The standard InChI is InChI=1S/C14H22N4O3S.C8H7F3N2O.HI.H2/c15-8-12-9-18(10-12)22(20,21)17-7-3-4-13(11-17)14(19)16-5-1-2-6-16;9-8(10,11)6-1-2-7(13-3-6)4-12-5-14;;/h12-13H,1-7,9-11H2;1-3,5H,4H2,(H,12,14);2*1H/t13-;;;/m0.../s1. The fourth-order valence-corrected chi connectivity index (χ4v) is 6.06. The van der Waals surface area contributed by atoms with Gasteiger partial charge in [-0.2, -0.15) is 35.5 Å². The van der Waals surface area contributed by atoms with Crippen LogP contribution in [0.4, 0.5) is 13.2 Å². The molecular formula is C22H32F3IN6O4S. The summed E-state index contributed by atoms with van der Waals surface area (Å²) in [5.41, 5.74) is -0.419. The van der Waals surface area contributed by atoms with Gasteiger partial charge in [-0.15, -0.1) is 24.0 Å². The Kier molecular flexibility index (Phi) is 11.5. The van der Waals surface area contributed by atoms with Gasteiger partial charge < -0.3 is 10.2 Å². The molecule has 0 spiro atoms. The van der Waals surface area contributed by atoms with Crippen molar-refractivity contribution in [2.24, 2.45) is 11.8 Å². The number of carbonyl (C=O) groups excluding carboxylic acids is 2. The molecule has 3 fully saturated rings. The van der Waals surface area contributed by atoms with E-state index in [-0.39, 0.29) is 69.3 Å². The molecule has 0 radical (unpaired) electrons. The first-order valence-electron chi connectivity index (χ1n) is 11.7. The van der Waals surface area contributed by atoms with E-state index in [0.717, 1.165) is 51.0 Å². The van der Waals surface area contributed by atoms with Crippen molar-refractivity contribution < 1.29 is 32.6 Å². The van der Waals surface area contributed by atoms with Crippen molar-refractivity contribution in [2.75, 3.05) is 39.3 Å². The molecule has 2 amide bonds. The minimum Gasteiger partial charge on any atom is -0.353 e. The minimum absolute atomic E-state index is 0. The maximum Gasteiger partial charge on any atom is 0.417 e. The van der Waals surface area contributed by atoms with E-state index in [1.165, 1.54) is 14.7 Å². The quantitative estimate of drug-likeness (QED) is 0.369. The van der Waals surface area contributed by atoms with Gasteiger partial charge in [0.25, 0.3) is 10.2 Å². The van der Waals surface area contributed by atoms with Crippen molar-refractivity contribution in [3.8, 4) is 6.07 Å². The number of nitriles is 1. The Morgan fingerprint density at radius 3 is 2.38 bits per heavy atom. The zero-order chi connectivity index (χ0) is 26.3. The van der Waals surface area contributed by atoms with Gasteiger partial charge in [-0.05, 0) is 37.8 Å². The van der Waals surface area contributed by atoms with Crippen LogP contribution in [0.1, 0.15) is 38.4 Å². The second kappa shape index (κ2) is 13.7. The second-order valence-corrected chi connectivity index (χ2v) is 10.8. The normalized spacial score (nSPS) is 21.0. The first-order valence-corrected chi connectivity index (χ1v) is 13.1. The van der Waals surface area contributed by atoms with E-state index in [4.69, 9.17) is 5.26 Å². The van der Waals surface area contributed by atoms with Crippen LogP contribution in [0.2, 0.25) is 0 Å². The maximum atomic E-state index is 12.5. The summed E-state index contributed by atoms with van der Waals surface area (Å²) in [7, 11) is -3.51. The Hall–Kier alpha value is -2.03. The number of nitrogens with one attached hydrogen (secondary N) is 1. The molecule has 0 aromatic carbocycles. The highest BCUT2D eigenvalue weighted by atomic mass is 127. The smallest absolute Gasteiger partial charge is 0.353 e. The number of piperidine rings is 1. The summed E-state index contributed by atoms with van der Waals surface area (Å²) in [4.78, 5) is 27.8. The lowest BCUT2D eigenvalue weighted by atomic mass is 9.98. The number of nitrogens with zero attached hydrogens (tertiary/aromatic N) is 5. The molecule has 1 aromatic rings. The highest BCUT2D eigenvalue weighted by molar-refractivity contribution is 14.0. The topological polar surface area (TPSA) is 127 Å². The lowest BCUT2D eigenvalue weighted by molar-refractivity contribution is -0.138. The number of halogens is 4. The molecule has 3 aliphatic rings. The maximum absolute atomic E-state index is 12.5. The zero-order valence-corrected chi connectivity index (χ0v) is 23.2. The van der Waals surface area contributed by atoms with Crippen LogP contribution in [0.25, 0.3) is 0 Å². The van der Waals surface area contributed by atoms with E-state index in [1.54, 1.807) is 0 Å². The van der Waals surface area contributed by atoms with Gasteiger partial charge in [0.05, 0.1) is 35.7 Å². The van der Waals surface area contributed by atoms with E-state index >= 15 is 0 Å². The highest BCUT2D eigenvalue weighted by Gasteiger charge is 2.42. The predicted octanol–water partition coefficient (Wildman–Crippen LogP) is 2.23. The average Bonchev–Trinajstić information content (AvgIpc) is 3.37. The van der Waals surface area contributed by atoms with Crippen LogP contribution in [0.15, 0.2) is 18.3 Å². The molecule has 15 heteroatoms. The fraction of sp³-hybridized carbons (Fsp3) is 0.636. The molecular weight excluding hydrogens is 628 g/mol. The molecule has 10 nitrogen and oxygen atoms in total. The van der Waals surface area contributed by atoms with E-state index in [2.05, 4.69) is 16.4 Å². The number of hydrogen-bond donors (Lipinski definition) is 1. The van der Waals surface area contributed by atoms with Crippen molar-refractivity contribution in [3.63, 3.8) is 0 Å². The third-order valence-electron chi connectivity index (χ3n) is 6.35. The molecule has 4 rings (SSSR count).